The molecule has 7 nitrogen and oxygen atoms in total. The van der Waals surface area contributed by atoms with Crippen LogP contribution in [0.2, 0.25) is 0 Å². The van der Waals surface area contributed by atoms with Gasteiger partial charge in [-0.2, -0.15) is 0 Å². The molecule has 2 rings (SSSR count). The first-order chi connectivity index (χ1) is 12.2. The summed E-state index contributed by atoms with van der Waals surface area (Å²) in [4.78, 5) is 38.8. The van der Waals surface area contributed by atoms with E-state index in [0.29, 0.717) is 19.6 Å². The number of nitrogens with zero attached hydrogens (tertiary/aromatic N) is 2. The Balaban J connectivity index is 1.68. The summed E-state index contributed by atoms with van der Waals surface area (Å²) in [6, 6.07) is 7.35. The van der Waals surface area contributed by atoms with Crippen LogP contribution in [0.5, 0.6) is 5.75 Å². The van der Waals surface area contributed by atoms with E-state index in [9.17, 15) is 14.4 Å². The summed E-state index contributed by atoms with van der Waals surface area (Å²) in [5.74, 6) is 0.483. The normalized spacial score (nSPS) is 15.8. The summed E-state index contributed by atoms with van der Waals surface area (Å²) in [5, 5.41) is 2.63. The molecule has 1 aromatic rings. The molecule has 4 amide bonds. The minimum atomic E-state index is -0.870. The number of likely N-dealkylation sites (N-methyl/N-ethyl adjacent to an activating group) is 1. The first-order valence-electron chi connectivity index (χ1n) is 8.78. The lowest BCUT2D eigenvalue weighted by molar-refractivity contribution is -0.132. The van der Waals surface area contributed by atoms with Crippen molar-refractivity contribution in [3.63, 3.8) is 0 Å². The molecule has 1 N–H and O–H groups in total. The average molecular weight is 361 g/mol. The van der Waals surface area contributed by atoms with E-state index in [1.54, 1.807) is 25.8 Å². The highest BCUT2D eigenvalue weighted by Crippen LogP contribution is 2.17. The van der Waals surface area contributed by atoms with Crippen molar-refractivity contribution < 1.29 is 19.1 Å². The summed E-state index contributed by atoms with van der Waals surface area (Å²) in [6.45, 7) is 6.47. The SMILES string of the molecule is Cc1ccc(OCCN(C)C(=O)CCCN2C(=O)NC(C)(C)C2=O)cc1. The zero-order chi connectivity index (χ0) is 19.3. The number of aryl methyl sites for hydroxylation is 1. The van der Waals surface area contributed by atoms with Gasteiger partial charge < -0.3 is 15.0 Å². The second kappa shape index (κ2) is 8.21. The fourth-order valence-electron chi connectivity index (χ4n) is 2.66. The smallest absolute Gasteiger partial charge is 0.325 e. The molecule has 1 heterocycles. The van der Waals surface area contributed by atoms with Crippen molar-refractivity contribution in [3.05, 3.63) is 29.8 Å². The molecule has 0 saturated carbocycles. The molecule has 0 radical (unpaired) electrons. The number of hydrogen-bond donors (Lipinski definition) is 1. The predicted molar refractivity (Wildman–Crippen MR) is 97.9 cm³/mol. The molecule has 1 saturated heterocycles. The van der Waals surface area contributed by atoms with Gasteiger partial charge in [0.1, 0.15) is 17.9 Å². The summed E-state index contributed by atoms with van der Waals surface area (Å²) in [6.07, 6.45) is 0.718. The lowest BCUT2D eigenvalue weighted by Gasteiger charge is -2.19. The van der Waals surface area contributed by atoms with Crippen LogP contribution in [0.3, 0.4) is 0 Å². The molecule has 0 spiro atoms. The molecule has 1 aromatic carbocycles. The maximum absolute atomic E-state index is 12.2. The van der Waals surface area contributed by atoms with E-state index in [0.717, 1.165) is 11.3 Å². The molecule has 0 aromatic heterocycles. The monoisotopic (exact) mass is 361 g/mol. The third-order valence-corrected chi connectivity index (χ3v) is 4.36. The van der Waals surface area contributed by atoms with E-state index in [2.05, 4.69) is 5.32 Å². The van der Waals surface area contributed by atoms with E-state index < -0.39 is 11.6 Å². The van der Waals surface area contributed by atoms with Crippen molar-refractivity contribution in [2.24, 2.45) is 0 Å². The van der Waals surface area contributed by atoms with Crippen LogP contribution < -0.4 is 10.1 Å². The Kier molecular flexibility index (Phi) is 6.23. The van der Waals surface area contributed by atoms with Gasteiger partial charge in [0.15, 0.2) is 0 Å². The number of carbonyl (C=O) groups excluding carboxylic acids is 3. The second-order valence-electron chi connectivity index (χ2n) is 7.09. The Labute approximate surface area is 154 Å². The molecular weight excluding hydrogens is 334 g/mol. The van der Waals surface area contributed by atoms with Crippen LogP contribution in [0.1, 0.15) is 32.3 Å². The molecule has 0 atom stereocenters. The summed E-state index contributed by atoms with van der Waals surface area (Å²) in [5.41, 5.74) is 0.295. The molecule has 0 aliphatic carbocycles. The Bertz CT molecular complexity index is 670. The predicted octanol–water partition coefficient (Wildman–Crippen LogP) is 1.94. The molecule has 26 heavy (non-hydrogen) atoms. The van der Waals surface area contributed by atoms with Crippen LogP contribution in [0.4, 0.5) is 4.79 Å². The van der Waals surface area contributed by atoms with Gasteiger partial charge in [-0.05, 0) is 39.3 Å². The molecule has 7 heteroatoms. The fraction of sp³-hybridized carbons (Fsp3) is 0.526. The van der Waals surface area contributed by atoms with Crippen LogP contribution in [0, 0.1) is 6.92 Å². The standard InChI is InChI=1S/C19H27N3O4/c1-14-7-9-15(10-8-14)26-13-12-21(4)16(23)6-5-11-22-17(24)19(2,3)20-18(22)25/h7-10H,5-6,11-13H2,1-4H3,(H,20,25). The van der Waals surface area contributed by atoms with E-state index >= 15 is 0 Å². The quantitative estimate of drug-likeness (QED) is 0.718. The van der Waals surface area contributed by atoms with Crippen molar-refractivity contribution in [2.45, 2.75) is 39.2 Å². The van der Waals surface area contributed by atoms with Crippen molar-refractivity contribution in [3.8, 4) is 5.75 Å². The van der Waals surface area contributed by atoms with Gasteiger partial charge in [0, 0.05) is 20.0 Å². The number of amides is 4. The Hall–Kier alpha value is -2.57. The van der Waals surface area contributed by atoms with Gasteiger partial charge in [0.05, 0.1) is 6.54 Å². The number of nitrogens with one attached hydrogen (secondary N) is 1. The van der Waals surface area contributed by atoms with Crippen molar-refractivity contribution in [1.29, 1.82) is 0 Å². The molecule has 1 fully saturated rings. The summed E-state index contributed by atoms with van der Waals surface area (Å²) < 4.78 is 5.62. The number of benzene rings is 1. The largest absolute Gasteiger partial charge is 0.492 e. The third kappa shape index (κ3) is 4.97. The van der Waals surface area contributed by atoms with Gasteiger partial charge in [0.2, 0.25) is 5.91 Å². The Morgan fingerprint density at radius 1 is 1.23 bits per heavy atom. The topological polar surface area (TPSA) is 79.0 Å². The molecule has 1 aliphatic rings. The number of imide groups is 1. The number of ether oxygens (including phenoxy) is 1. The Morgan fingerprint density at radius 2 is 1.88 bits per heavy atom. The minimum Gasteiger partial charge on any atom is -0.492 e. The molecule has 0 bridgehead atoms. The molecule has 142 valence electrons. The number of urea groups is 1. The molecule has 1 aliphatic heterocycles. The fourth-order valence-corrected chi connectivity index (χ4v) is 2.66. The first-order valence-corrected chi connectivity index (χ1v) is 8.78. The minimum absolute atomic E-state index is 0.0381. The lowest BCUT2D eigenvalue weighted by atomic mass is 10.1. The van der Waals surface area contributed by atoms with E-state index in [1.807, 2.05) is 31.2 Å². The number of carbonyl (C=O) groups is 3. The van der Waals surface area contributed by atoms with Gasteiger partial charge in [0.25, 0.3) is 5.91 Å². The maximum Gasteiger partial charge on any atom is 0.325 e. The highest BCUT2D eigenvalue weighted by Gasteiger charge is 2.43. The second-order valence-corrected chi connectivity index (χ2v) is 7.09. The maximum atomic E-state index is 12.2. The van der Waals surface area contributed by atoms with Crippen molar-refractivity contribution in [1.82, 2.24) is 15.1 Å². The lowest BCUT2D eigenvalue weighted by Crippen LogP contribution is -2.40. The van der Waals surface area contributed by atoms with Crippen molar-refractivity contribution in [2.75, 3.05) is 26.7 Å². The zero-order valence-corrected chi connectivity index (χ0v) is 15.9. The Morgan fingerprint density at radius 3 is 2.46 bits per heavy atom. The zero-order valence-electron chi connectivity index (χ0n) is 15.9. The number of rotatable bonds is 8. The van der Waals surface area contributed by atoms with Crippen LogP contribution in [0.15, 0.2) is 24.3 Å². The van der Waals surface area contributed by atoms with E-state index in [1.165, 1.54) is 4.90 Å². The molecule has 0 unspecified atom stereocenters. The first kappa shape index (κ1) is 19.8. The third-order valence-electron chi connectivity index (χ3n) is 4.36. The van der Waals surface area contributed by atoms with Crippen LogP contribution in [0.25, 0.3) is 0 Å². The van der Waals surface area contributed by atoms with Gasteiger partial charge in [-0.1, -0.05) is 17.7 Å². The summed E-state index contributed by atoms with van der Waals surface area (Å²) in [7, 11) is 1.72. The van der Waals surface area contributed by atoms with E-state index in [-0.39, 0.29) is 24.8 Å². The van der Waals surface area contributed by atoms with E-state index in [4.69, 9.17) is 4.74 Å². The van der Waals surface area contributed by atoms with Crippen LogP contribution in [-0.4, -0.2) is 59.9 Å². The van der Waals surface area contributed by atoms with Crippen LogP contribution >= 0.6 is 0 Å². The van der Waals surface area contributed by atoms with Crippen molar-refractivity contribution >= 4 is 17.8 Å². The van der Waals surface area contributed by atoms with Gasteiger partial charge in [-0.15, -0.1) is 0 Å². The molecular formula is C19H27N3O4. The number of hydrogen-bond acceptors (Lipinski definition) is 4. The highest BCUT2D eigenvalue weighted by molar-refractivity contribution is 6.06. The summed E-state index contributed by atoms with van der Waals surface area (Å²) >= 11 is 0. The van der Waals surface area contributed by atoms with Gasteiger partial charge in [-0.3, -0.25) is 14.5 Å². The highest BCUT2D eigenvalue weighted by atomic mass is 16.5. The van der Waals surface area contributed by atoms with Crippen LogP contribution in [-0.2, 0) is 9.59 Å². The average Bonchev–Trinajstić information content (AvgIpc) is 2.77. The van der Waals surface area contributed by atoms with Gasteiger partial charge in [-0.25, -0.2) is 4.79 Å². The van der Waals surface area contributed by atoms with Gasteiger partial charge >= 0.3 is 6.03 Å².